The van der Waals surface area contributed by atoms with Gasteiger partial charge in [0, 0.05) is 30.5 Å². The Labute approximate surface area is 209 Å². The molecule has 6 nitrogen and oxygen atoms in total. The lowest BCUT2D eigenvalue weighted by Crippen LogP contribution is -2.35. The first-order valence-corrected chi connectivity index (χ1v) is 11.9. The molecule has 8 heteroatoms. The van der Waals surface area contributed by atoms with Gasteiger partial charge < -0.3 is 20.9 Å². The van der Waals surface area contributed by atoms with E-state index >= 15 is 0 Å². The smallest absolute Gasteiger partial charge is 0.323 e. The van der Waals surface area contributed by atoms with Gasteiger partial charge in [-0.05, 0) is 61.7 Å². The molecular weight excluding hydrogens is 471 g/mol. The van der Waals surface area contributed by atoms with Crippen molar-refractivity contribution in [1.82, 2.24) is 5.32 Å². The second-order valence-electron chi connectivity index (χ2n) is 8.48. The van der Waals surface area contributed by atoms with E-state index in [9.17, 15) is 9.59 Å². The van der Waals surface area contributed by atoms with Gasteiger partial charge in [-0.25, -0.2) is 4.79 Å². The summed E-state index contributed by atoms with van der Waals surface area (Å²) in [6.07, 6.45) is 0.905. The molecule has 0 unspecified atom stereocenters. The highest BCUT2D eigenvalue weighted by molar-refractivity contribution is 6.39. The van der Waals surface area contributed by atoms with Crippen LogP contribution in [0, 0.1) is 0 Å². The molecule has 3 N–H and O–H groups in total. The number of rotatable bonds is 5. The summed E-state index contributed by atoms with van der Waals surface area (Å²) in [7, 11) is 0. The van der Waals surface area contributed by atoms with Gasteiger partial charge >= 0.3 is 6.03 Å². The fourth-order valence-electron chi connectivity index (χ4n) is 4.01. The van der Waals surface area contributed by atoms with Crippen molar-refractivity contribution >= 4 is 52.2 Å². The Bertz CT molecular complexity index is 1210. The number of carbonyl (C=O) groups is 2. The first-order chi connectivity index (χ1) is 16.3. The highest BCUT2D eigenvalue weighted by Crippen LogP contribution is 2.31. The SMILES string of the molecule is CC(C)NC(=O)c1cc(NC(=O)Nc2c(Cl)cccc2Cl)ccc1N1CCc2ccccc2C1. The van der Waals surface area contributed by atoms with Crippen LogP contribution in [0.4, 0.5) is 21.9 Å². The van der Waals surface area contributed by atoms with Crippen LogP contribution in [0.2, 0.25) is 10.0 Å². The van der Waals surface area contributed by atoms with Crippen molar-refractivity contribution < 1.29 is 9.59 Å². The molecule has 34 heavy (non-hydrogen) atoms. The van der Waals surface area contributed by atoms with Crippen LogP contribution < -0.4 is 20.9 Å². The molecule has 176 valence electrons. The molecule has 3 amide bonds. The lowest BCUT2D eigenvalue weighted by molar-refractivity contribution is 0.0943. The standard InChI is InChI=1S/C26H26Cl2N4O2/c1-16(2)29-25(33)20-14-19(30-26(34)31-24-21(27)8-5-9-22(24)28)10-11-23(20)32-13-12-17-6-3-4-7-18(17)15-32/h3-11,14,16H,12-13,15H2,1-2H3,(H,29,33)(H2,30,31,34). The fraction of sp³-hybridized carbons (Fsp3) is 0.231. The monoisotopic (exact) mass is 496 g/mol. The van der Waals surface area contributed by atoms with E-state index < -0.39 is 6.03 Å². The number of fused-ring (bicyclic) bond motifs is 1. The summed E-state index contributed by atoms with van der Waals surface area (Å²) < 4.78 is 0. The number of nitrogens with one attached hydrogen (secondary N) is 3. The van der Waals surface area contributed by atoms with Crippen molar-refractivity contribution in [3.8, 4) is 0 Å². The molecule has 3 aromatic rings. The molecule has 0 spiro atoms. The quantitative estimate of drug-likeness (QED) is 0.385. The van der Waals surface area contributed by atoms with Gasteiger partial charge in [0.25, 0.3) is 5.91 Å². The normalized spacial score (nSPS) is 12.8. The Balaban J connectivity index is 1.59. The summed E-state index contributed by atoms with van der Waals surface area (Å²) in [4.78, 5) is 27.9. The Morgan fingerprint density at radius 2 is 1.62 bits per heavy atom. The summed E-state index contributed by atoms with van der Waals surface area (Å²) >= 11 is 12.3. The van der Waals surface area contributed by atoms with Gasteiger partial charge in [-0.1, -0.05) is 53.5 Å². The summed E-state index contributed by atoms with van der Waals surface area (Å²) in [6, 6.07) is 18.2. The average Bonchev–Trinajstić information content (AvgIpc) is 2.81. The van der Waals surface area contributed by atoms with Crippen LogP contribution in [0.1, 0.15) is 35.3 Å². The zero-order valence-corrected chi connectivity index (χ0v) is 20.5. The van der Waals surface area contributed by atoms with Crippen LogP contribution in [0.3, 0.4) is 0 Å². The van der Waals surface area contributed by atoms with E-state index in [-0.39, 0.29) is 11.9 Å². The van der Waals surface area contributed by atoms with Gasteiger partial charge in [-0.15, -0.1) is 0 Å². The number of carbonyl (C=O) groups excluding carboxylic acids is 2. The number of benzene rings is 3. The fourth-order valence-corrected chi connectivity index (χ4v) is 4.50. The Morgan fingerprint density at radius 1 is 0.912 bits per heavy atom. The van der Waals surface area contributed by atoms with E-state index in [1.54, 1.807) is 30.3 Å². The number of hydrogen-bond acceptors (Lipinski definition) is 3. The molecule has 1 aliphatic heterocycles. The number of anilines is 3. The third kappa shape index (κ3) is 5.46. The van der Waals surface area contributed by atoms with Gasteiger partial charge in [0.2, 0.25) is 0 Å². The van der Waals surface area contributed by atoms with E-state index in [1.165, 1.54) is 11.1 Å². The van der Waals surface area contributed by atoms with Crippen molar-refractivity contribution in [2.75, 3.05) is 22.1 Å². The predicted molar refractivity (Wildman–Crippen MR) is 139 cm³/mol. The highest BCUT2D eigenvalue weighted by atomic mass is 35.5. The molecule has 0 atom stereocenters. The first kappa shape index (κ1) is 23.9. The van der Waals surface area contributed by atoms with Gasteiger partial charge in [0.1, 0.15) is 0 Å². The van der Waals surface area contributed by atoms with Crippen molar-refractivity contribution in [3.05, 3.63) is 87.4 Å². The molecule has 0 saturated carbocycles. The molecule has 0 aliphatic carbocycles. The summed E-state index contributed by atoms with van der Waals surface area (Å²) in [5.74, 6) is -0.193. The maximum atomic E-state index is 13.1. The third-order valence-electron chi connectivity index (χ3n) is 5.59. The van der Waals surface area contributed by atoms with Crippen molar-refractivity contribution in [2.45, 2.75) is 32.9 Å². The van der Waals surface area contributed by atoms with Gasteiger partial charge in [-0.3, -0.25) is 4.79 Å². The summed E-state index contributed by atoms with van der Waals surface area (Å²) in [5.41, 5.74) is 4.72. The number of amides is 3. The van der Waals surface area contributed by atoms with Crippen molar-refractivity contribution in [3.63, 3.8) is 0 Å². The van der Waals surface area contributed by atoms with E-state index in [4.69, 9.17) is 23.2 Å². The molecule has 1 aliphatic rings. The highest BCUT2D eigenvalue weighted by Gasteiger charge is 2.22. The zero-order valence-electron chi connectivity index (χ0n) is 19.0. The minimum atomic E-state index is -0.509. The van der Waals surface area contributed by atoms with Crippen LogP contribution in [0.25, 0.3) is 0 Å². The van der Waals surface area contributed by atoms with Crippen LogP contribution in [-0.2, 0) is 13.0 Å². The Morgan fingerprint density at radius 3 is 2.32 bits per heavy atom. The molecule has 0 radical (unpaired) electrons. The lowest BCUT2D eigenvalue weighted by Gasteiger charge is -2.32. The van der Waals surface area contributed by atoms with E-state index in [1.807, 2.05) is 26.0 Å². The summed E-state index contributed by atoms with van der Waals surface area (Å²) in [5, 5.41) is 9.08. The third-order valence-corrected chi connectivity index (χ3v) is 6.22. The van der Waals surface area contributed by atoms with Crippen LogP contribution in [0.5, 0.6) is 0 Å². The maximum absolute atomic E-state index is 13.1. The maximum Gasteiger partial charge on any atom is 0.323 e. The summed E-state index contributed by atoms with van der Waals surface area (Å²) in [6.45, 7) is 5.35. The van der Waals surface area contributed by atoms with Crippen molar-refractivity contribution in [2.24, 2.45) is 0 Å². The number of urea groups is 1. The minimum Gasteiger partial charge on any atom is -0.366 e. The number of hydrogen-bond donors (Lipinski definition) is 3. The molecule has 4 rings (SSSR count). The molecule has 3 aromatic carbocycles. The van der Waals surface area contributed by atoms with Crippen molar-refractivity contribution in [1.29, 1.82) is 0 Å². The number of para-hydroxylation sites is 1. The van der Waals surface area contributed by atoms with Crippen LogP contribution in [-0.4, -0.2) is 24.5 Å². The van der Waals surface area contributed by atoms with Crippen LogP contribution >= 0.6 is 23.2 Å². The second kappa shape index (κ2) is 10.4. The second-order valence-corrected chi connectivity index (χ2v) is 9.29. The molecular formula is C26H26Cl2N4O2. The largest absolute Gasteiger partial charge is 0.366 e. The first-order valence-electron chi connectivity index (χ1n) is 11.1. The predicted octanol–water partition coefficient (Wildman–Crippen LogP) is 6.34. The Hall–Kier alpha value is -3.22. The van der Waals surface area contributed by atoms with E-state index in [0.29, 0.717) is 27.0 Å². The molecule has 0 fully saturated rings. The molecule has 1 heterocycles. The van der Waals surface area contributed by atoms with Gasteiger partial charge in [0.05, 0.1) is 21.3 Å². The molecule has 0 saturated heterocycles. The minimum absolute atomic E-state index is 0.0234. The topological polar surface area (TPSA) is 73.5 Å². The molecule has 0 bridgehead atoms. The number of nitrogens with zero attached hydrogens (tertiary/aromatic N) is 1. The zero-order chi connectivity index (χ0) is 24.2. The van der Waals surface area contributed by atoms with Gasteiger partial charge in [-0.2, -0.15) is 0 Å². The average molecular weight is 497 g/mol. The number of halogens is 2. The van der Waals surface area contributed by atoms with E-state index in [0.717, 1.165) is 25.2 Å². The lowest BCUT2D eigenvalue weighted by atomic mass is 9.98. The van der Waals surface area contributed by atoms with Gasteiger partial charge in [0.15, 0.2) is 0 Å². The molecule has 0 aromatic heterocycles. The van der Waals surface area contributed by atoms with Crippen LogP contribution in [0.15, 0.2) is 60.7 Å². The van der Waals surface area contributed by atoms with E-state index in [2.05, 4.69) is 39.0 Å². The Kier molecular flexibility index (Phi) is 7.29.